The van der Waals surface area contributed by atoms with Crippen molar-refractivity contribution in [2.45, 2.75) is 33.2 Å². The molecule has 0 spiro atoms. The Bertz CT molecular complexity index is 281. The highest BCUT2D eigenvalue weighted by atomic mass is 16.5. The van der Waals surface area contributed by atoms with Crippen molar-refractivity contribution in [1.29, 1.82) is 0 Å². The molecule has 3 nitrogen and oxygen atoms in total. The normalized spacial score (nSPS) is 12.7. The summed E-state index contributed by atoms with van der Waals surface area (Å²) in [4.78, 5) is 4.29. The lowest BCUT2D eigenvalue weighted by Crippen LogP contribution is -2.09. The molecule has 0 atom stereocenters. The molecule has 1 heterocycles. The van der Waals surface area contributed by atoms with Crippen molar-refractivity contribution in [3.05, 3.63) is 17.5 Å². The average Bonchev–Trinajstić information content (AvgIpc) is 2.30. The Morgan fingerprint density at radius 1 is 1.50 bits per heavy atom. The third-order valence-corrected chi connectivity index (χ3v) is 1.23. The molecule has 0 N–H and O–H groups in total. The Kier molecular flexibility index (Phi) is 2.31. The number of aliphatic imine (C=N–C) groups is 1. The van der Waals surface area contributed by atoms with E-state index >= 15 is 0 Å². The molecule has 12 heavy (non-hydrogen) atoms. The first-order valence-electron chi connectivity index (χ1n) is 3.96. The van der Waals surface area contributed by atoms with Gasteiger partial charge in [0.05, 0.1) is 11.8 Å². The summed E-state index contributed by atoms with van der Waals surface area (Å²) in [5.74, 6) is 0.811. The van der Waals surface area contributed by atoms with E-state index in [9.17, 15) is 0 Å². The van der Waals surface area contributed by atoms with Gasteiger partial charge in [-0.15, -0.1) is 0 Å². The van der Waals surface area contributed by atoms with Crippen LogP contribution in [0.2, 0.25) is 0 Å². The highest BCUT2D eigenvalue weighted by Gasteiger charge is 2.05. The Balaban J connectivity index is 2.70. The summed E-state index contributed by atoms with van der Waals surface area (Å²) >= 11 is 0. The Morgan fingerprint density at radius 2 is 2.17 bits per heavy atom. The second-order valence-corrected chi connectivity index (χ2v) is 3.79. The minimum absolute atomic E-state index is 0.0488. The molecule has 0 saturated carbocycles. The largest absolute Gasteiger partial charge is 0.361 e. The van der Waals surface area contributed by atoms with Gasteiger partial charge in [0.15, 0.2) is 0 Å². The first-order valence-corrected chi connectivity index (χ1v) is 3.96. The van der Waals surface area contributed by atoms with Gasteiger partial charge in [-0.05, 0) is 27.7 Å². The molecule has 0 amide bonds. The maximum atomic E-state index is 4.89. The van der Waals surface area contributed by atoms with E-state index in [1.807, 2.05) is 33.8 Å². The van der Waals surface area contributed by atoms with Crippen LogP contribution >= 0.6 is 0 Å². The van der Waals surface area contributed by atoms with Gasteiger partial charge in [-0.25, -0.2) is 0 Å². The molecule has 0 radical (unpaired) electrons. The van der Waals surface area contributed by atoms with Gasteiger partial charge in [-0.1, -0.05) is 5.16 Å². The Hall–Kier alpha value is -1.12. The number of nitrogens with zero attached hydrogens (tertiary/aromatic N) is 2. The minimum Gasteiger partial charge on any atom is -0.361 e. The number of rotatable bonds is 1. The fraction of sp³-hybridized carbons (Fsp3) is 0.556. The Morgan fingerprint density at radius 3 is 2.58 bits per heavy atom. The molecule has 1 aromatic heterocycles. The second kappa shape index (κ2) is 3.09. The maximum absolute atomic E-state index is 4.89. The van der Waals surface area contributed by atoms with Crippen molar-refractivity contribution in [1.82, 2.24) is 5.16 Å². The molecule has 0 aliphatic carbocycles. The monoisotopic (exact) mass is 166 g/mol. The van der Waals surface area contributed by atoms with Gasteiger partial charge in [0.1, 0.15) is 11.5 Å². The Labute approximate surface area is 72.5 Å². The molecule has 0 saturated heterocycles. The molecule has 0 fully saturated rings. The van der Waals surface area contributed by atoms with E-state index in [0.29, 0.717) is 0 Å². The van der Waals surface area contributed by atoms with E-state index in [1.165, 1.54) is 0 Å². The number of aromatic nitrogens is 1. The van der Waals surface area contributed by atoms with Crippen LogP contribution < -0.4 is 0 Å². The summed E-state index contributed by atoms with van der Waals surface area (Å²) in [7, 11) is 0. The third kappa shape index (κ3) is 2.86. The van der Waals surface area contributed by atoms with Gasteiger partial charge in [0.2, 0.25) is 0 Å². The fourth-order valence-corrected chi connectivity index (χ4v) is 0.706. The van der Waals surface area contributed by atoms with Crippen LogP contribution in [0, 0.1) is 6.92 Å². The van der Waals surface area contributed by atoms with Crippen LogP contribution in [0.4, 0.5) is 0 Å². The van der Waals surface area contributed by atoms with Gasteiger partial charge in [0.25, 0.3) is 0 Å². The summed E-state index contributed by atoms with van der Waals surface area (Å²) < 4.78 is 4.89. The van der Waals surface area contributed by atoms with E-state index < -0.39 is 0 Å². The van der Waals surface area contributed by atoms with E-state index in [4.69, 9.17) is 4.52 Å². The smallest absolute Gasteiger partial charge is 0.134 e. The second-order valence-electron chi connectivity index (χ2n) is 3.79. The molecular weight excluding hydrogens is 152 g/mol. The fourth-order valence-electron chi connectivity index (χ4n) is 0.706. The quantitative estimate of drug-likeness (QED) is 0.600. The van der Waals surface area contributed by atoms with Crippen molar-refractivity contribution >= 4 is 6.21 Å². The topological polar surface area (TPSA) is 38.4 Å². The lowest BCUT2D eigenvalue weighted by molar-refractivity contribution is 0.396. The highest BCUT2D eigenvalue weighted by molar-refractivity contribution is 5.77. The molecule has 1 rings (SSSR count). The number of hydrogen-bond donors (Lipinski definition) is 0. The van der Waals surface area contributed by atoms with Crippen LogP contribution in [0.5, 0.6) is 0 Å². The predicted molar refractivity (Wildman–Crippen MR) is 48.6 cm³/mol. The average molecular weight is 166 g/mol. The predicted octanol–water partition coefficient (Wildman–Crippen LogP) is 2.20. The molecular formula is C9H14N2O. The van der Waals surface area contributed by atoms with E-state index in [2.05, 4.69) is 10.1 Å². The van der Waals surface area contributed by atoms with Crippen LogP contribution in [0.25, 0.3) is 0 Å². The van der Waals surface area contributed by atoms with E-state index in [-0.39, 0.29) is 5.54 Å². The summed E-state index contributed by atoms with van der Waals surface area (Å²) in [6.45, 7) is 7.98. The zero-order chi connectivity index (χ0) is 9.19. The molecule has 0 unspecified atom stereocenters. The maximum Gasteiger partial charge on any atom is 0.134 e. The first kappa shape index (κ1) is 8.97. The van der Waals surface area contributed by atoms with Gasteiger partial charge in [-0.2, -0.15) is 0 Å². The van der Waals surface area contributed by atoms with E-state index in [0.717, 1.165) is 11.5 Å². The van der Waals surface area contributed by atoms with Crippen LogP contribution in [-0.2, 0) is 0 Å². The lowest BCUT2D eigenvalue weighted by Gasteiger charge is -2.09. The van der Waals surface area contributed by atoms with Crippen molar-refractivity contribution in [2.24, 2.45) is 4.99 Å². The molecule has 3 heteroatoms. The van der Waals surface area contributed by atoms with Gasteiger partial charge in [-0.3, -0.25) is 4.99 Å². The lowest BCUT2D eigenvalue weighted by atomic mass is 10.1. The van der Waals surface area contributed by atoms with Crippen LogP contribution in [-0.4, -0.2) is 16.9 Å². The summed E-state index contributed by atoms with van der Waals surface area (Å²) in [6.07, 6.45) is 1.73. The van der Waals surface area contributed by atoms with Gasteiger partial charge in [0, 0.05) is 6.07 Å². The zero-order valence-corrected chi connectivity index (χ0v) is 7.96. The minimum atomic E-state index is -0.0488. The summed E-state index contributed by atoms with van der Waals surface area (Å²) in [5.41, 5.74) is 0.731. The van der Waals surface area contributed by atoms with Crippen molar-refractivity contribution in [2.75, 3.05) is 0 Å². The van der Waals surface area contributed by atoms with Crippen LogP contribution in [0.1, 0.15) is 32.2 Å². The number of hydrogen-bond acceptors (Lipinski definition) is 3. The van der Waals surface area contributed by atoms with Crippen LogP contribution in [0.3, 0.4) is 0 Å². The van der Waals surface area contributed by atoms with Crippen molar-refractivity contribution in [3.63, 3.8) is 0 Å². The summed E-state index contributed by atoms with van der Waals surface area (Å²) in [6, 6.07) is 1.86. The molecule has 0 aliphatic rings. The van der Waals surface area contributed by atoms with Crippen molar-refractivity contribution in [3.8, 4) is 0 Å². The molecule has 0 bridgehead atoms. The van der Waals surface area contributed by atoms with Gasteiger partial charge >= 0.3 is 0 Å². The van der Waals surface area contributed by atoms with Crippen LogP contribution in [0.15, 0.2) is 15.6 Å². The number of aryl methyl sites for hydroxylation is 1. The third-order valence-electron chi connectivity index (χ3n) is 1.23. The van der Waals surface area contributed by atoms with Gasteiger partial charge < -0.3 is 4.52 Å². The standard InChI is InChI=1S/C9H14N2O/c1-7-5-8(11-12-7)6-10-9(2,3)4/h5-6H,1-4H3/b10-6-. The highest BCUT2D eigenvalue weighted by Crippen LogP contribution is 2.06. The molecule has 0 aliphatic heterocycles. The first-order chi connectivity index (χ1) is 5.47. The molecule has 66 valence electrons. The summed E-state index contributed by atoms with van der Waals surface area (Å²) in [5, 5.41) is 3.79. The SMILES string of the molecule is Cc1cc(/C=N\C(C)(C)C)no1. The molecule has 0 aromatic carbocycles. The van der Waals surface area contributed by atoms with E-state index in [1.54, 1.807) is 6.21 Å². The zero-order valence-electron chi connectivity index (χ0n) is 7.96. The molecule has 1 aromatic rings. The van der Waals surface area contributed by atoms with Crippen molar-refractivity contribution < 1.29 is 4.52 Å².